The van der Waals surface area contributed by atoms with Gasteiger partial charge in [0.15, 0.2) is 0 Å². The molecule has 3 N–H and O–H groups in total. The fourth-order valence-corrected chi connectivity index (χ4v) is 5.71. The van der Waals surface area contributed by atoms with Gasteiger partial charge in [-0.1, -0.05) is 192 Å². The van der Waals surface area contributed by atoms with Gasteiger partial charge in [-0.2, -0.15) is 0 Å². The van der Waals surface area contributed by atoms with Crippen LogP contribution in [0.25, 0.3) is 0 Å². The summed E-state index contributed by atoms with van der Waals surface area (Å²) in [6, 6.07) is -0.652. The topological polar surface area (TPSA) is 69.6 Å². The average Bonchev–Trinajstić information content (AvgIpc) is 3.20. The molecule has 0 aromatic heterocycles. The molecule has 56 heavy (non-hydrogen) atoms. The third kappa shape index (κ3) is 41.7. The van der Waals surface area contributed by atoms with Gasteiger partial charge in [0.25, 0.3) is 0 Å². The van der Waals surface area contributed by atoms with Gasteiger partial charge in [-0.25, -0.2) is 0 Å². The van der Waals surface area contributed by atoms with Crippen LogP contribution in [0.5, 0.6) is 0 Å². The minimum Gasteiger partial charge on any atom is -0.394 e. The zero-order chi connectivity index (χ0) is 40.7. The Morgan fingerprint density at radius 3 is 1.25 bits per heavy atom. The van der Waals surface area contributed by atoms with Crippen molar-refractivity contribution in [1.29, 1.82) is 0 Å². The van der Waals surface area contributed by atoms with Crippen molar-refractivity contribution in [3.8, 4) is 0 Å². The molecule has 0 heterocycles. The molecule has 0 saturated carbocycles. The Morgan fingerprint density at radius 2 is 0.804 bits per heavy atom. The fraction of sp³-hybridized carbons (Fsp3) is 0.558. The van der Waals surface area contributed by atoms with Crippen molar-refractivity contribution in [3.63, 3.8) is 0 Å². The summed E-state index contributed by atoms with van der Waals surface area (Å²) in [7, 11) is 0. The van der Waals surface area contributed by atoms with Crippen LogP contribution in [0.4, 0.5) is 0 Å². The lowest BCUT2D eigenvalue weighted by Crippen LogP contribution is -2.45. The summed E-state index contributed by atoms with van der Waals surface area (Å²) in [5, 5.41) is 22.8. The van der Waals surface area contributed by atoms with Crippen LogP contribution in [0.3, 0.4) is 0 Å². The average molecular weight is 770 g/mol. The smallest absolute Gasteiger partial charge is 0.220 e. The largest absolute Gasteiger partial charge is 0.394 e. The van der Waals surface area contributed by atoms with Crippen LogP contribution < -0.4 is 5.32 Å². The van der Waals surface area contributed by atoms with Gasteiger partial charge in [-0.05, 0) is 103 Å². The maximum atomic E-state index is 12.3. The summed E-state index contributed by atoms with van der Waals surface area (Å²) in [4.78, 5) is 12.3. The summed E-state index contributed by atoms with van der Waals surface area (Å²) in [6.07, 6.45) is 72.8. The van der Waals surface area contributed by atoms with Gasteiger partial charge < -0.3 is 15.5 Å². The molecule has 0 aliphatic carbocycles. The van der Waals surface area contributed by atoms with E-state index < -0.39 is 12.1 Å². The highest BCUT2D eigenvalue weighted by Crippen LogP contribution is 2.11. The van der Waals surface area contributed by atoms with Crippen molar-refractivity contribution in [2.45, 2.75) is 180 Å². The number of hydrogen-bond acceptors (Lipinski definition) is 3. The maximum Gasteiger partial charge on any atom is 0.220 e. The van der Waals surface area contributed by atoms with Crippen LogP contribution in [0, 0.1) is 0 Å². The van der Waals surface area contributed by atoms with Crippen LogP contribution in [0.2, 0.25) is 0 Å². The van der Waals surface area contributed by atoms with Crippen molar-refractivity contribution in [2.24, 2.45) is 0 Å². The maximum absolute atomic E-state index is 12.3. The van der Waals surface area contributed by atoms with Crippen LogP contribution in [-0.2, 0) is 4.79 Å². The number of amides is 1. The molecule has 0 saturated heterocycles. The summed E-state index contributed by atoms with van der Waals surface area (Å²) in [5.74, 6) is -0.0959. The van der Waals surface area contributed by atoms with Gasteiger partial charge in [-0.15, -0.1) is 0 Å². The third-order valence-corrected chi connectivity index (χ3v) is 9.12. The molecule has 0 rings (SSSR count). The van der Waals surface area contributed by atoms with Gasteiger partial charge in [0.05, 0.1) is 18.8 Å². The van der Waals surface area contributed by atoms with Crippen LogP contribution in [-0.4, -0.2) is 34.9 Å². The lowest BCUT2D eigenvalue weighted by Gasteiger charge is -2.19. The summed E-state index contributed by atoms with van der Waals surface area (Å²) in [6.45, 7) is 4.10. The molecule has 0 spiro atoms. The Kier molecular flexibility index (Phi) is 43.1. The Balaban J connectivity index is 3.68. The number of nitrogens with one attached hydrogen (secondary N) is 1. The second-order valence-corrected chi connectivity index (χ2v) is 14.4. The fourth-order valence-electron chi connectivity index (χ4n) is 5.71. The molecule has 314 valence electrons. The van der Waals surface area contributed by atoms with Crippen LogP contribution in [0.1, 0.15) is 168 Å². The number of carbonyl (C=O) groups excluding carboxylic acids is 1. The number of rotatable bonds is 38. The first-order valence-corrected chi connectivity index (χ1v) is 22.4. The van der Waals surface area contributed by atoms with E-state index in [2.05, 4.69) is 141 Å². The first kappa shape index (κ1) is 52.5. The minimum absolute atomic E-state index is 0.0959. The number of aliphatic hydroxyl groups is 2. The molecule has 0 bridgehead atoms. The highest BCUT2D eigenvalue weighted by molar-refractivity contribution is 5.76. The van der Waals surface area contributed by atoms with E-state index in [4.69, 9.17) is 0 Å². The van der Waals surface area contributed by atoms with Crippen LogP contribution in [0.15, 0.2) is 134 Å². The third-order valence-electron chi connectivity index (χ3n) is 9.12. The second kappa shape index (κ2) is 45.9. The predicted octanol–water partition coefficient (Wildman–Crippen LogP) is 14.3. The van der Waals surface area contributed by atoms with Gasteiger partial charge in [0, 0.05) is 6.42 Å². The zero-order valence-electron chi connectivity index (χ0n) is 35.8. The van der Waals surface area contributed by atoms with E-state index in [0.717, 1.165) is 103 Å². The first-order valence-electron chi connectivity index (χ1n) is 22.4. The molecule has 2 atom stereocenters. The highest BCUT2D eigenvalue weighted by atomic mass is 16.3. The lowest BCUT2D eigenvalue weighted by atomic mass is 10.1. The molecule has 4 nitrogen and oxygen atoms in total. The number of allylic oxidation sites excluding steroid dienone is 21. The van der Waals surface area contributed by atoms with Crippen molar-refractivity contribution in [3.05, 3.63) is 134 Å². The van der Waals surface area contributed by atoms with E-state index in [0.29, 0.717) is 6.42 Å². The Morgan fingerprint density at radius 1 is 0.446 bits per heavy atom. The Labute approximate surface area is 345 Å². The van der Waals surface area contributed by atoms with E-state index in [-0.39, 0.29) is 12.5 Å². The molecular formula is C52H83NO3. The molecule has 1 amide bonds. The molecule has 2 unspecified atom stereocenters. The number of aliphatic hydroxyl groups excluding tert-OH is 2. The standard InChI is InChI=1S/C52H83NO3/c1-3-5-7-9-11-13-14-15-16-17-18-19-20-21-22-23-24-25-26-27-28-29-30-31-32-33-34-35-36-37-38-40-42-44-46-48-52(56)53-50(49-54)51(55)47-45-43-41-39-12-10-8-6-4-2/h5,7,11-13,15-16,18-19,21-22,24-25,27-28,30-31,33-34,39,45,47,50-51,54-55H,3-4,6,8-10,14,17,20,23,26,29,32,35-38,40-44,46,48-49H2,1-2H3,(H,53,56)/b7-5-,13-11-,16-15-,19-18-,22-21-,25-24-,28-27-,31-30-,34-33-,39-12+,47-45+. The molecule has 4 heteroatoms. The zero-order valence-corrected chi connectivity index (χ0v) is 35.8. The summed E-state index contributed by atoms with van der Waals surface area (Å²) < 4.78 is 0. The second-order valence-electron chi connectivity index (χ2n) is 14.4. The van der Waals surface area contributed by atoms with Gasteiger partial charge in [0.2, 0.25) is 5.91 Å². The van der Waals surface area contributed by atoms with Crippen LogP contribution >= 0.6 is 0 Å². The monoisotopic (exact) mass is 770 g/mol. The van der Waals surface area contributed by atoms with E-state index in [9.17, 15) is 15.0 Å². The number of unbranched alkanes of at least 4 members (excludes halogenated alkanes) is 11. The quantitative estimate of drug-likeness (QED) is 0.0433. The number of hydrogen-bond donors (Lipinski definition) is 3. The van der Waals surface area contributed by atoms with Crippen molar-refractivity contribution in [1.82, 2.24) is 5.32 Å². The number of carbonyl (C=O) groups is 1. The SMILES string of the molecule is CC/C=C\C/C=C\C/C=C\C/C=C\C/C=C\C/C=C\C/C=C\C/C=C\C/C=C\CCCCCCCCCC(=O)NC(CO)C(O)/C=C/CC/C=C/CCCCC. The van der Waals surface area contributed by atoms with E-state index in [1.54, 1.807) is 6.08 Å². The molecule has 0 fully saturated rings. The molecule has 0 radical (unpaired) electrons. The van der Waals surface area contributed by atoms with E-state index >= 15 is 0 Å². The van der Waals surface area contributed by atoms with Crippen molar-refractivity contribution in [2.75, 3.05) is 6.61 Å². The molecule has 0 aromatic rings. The van der Waals surface area contributed by atoms with Crippen molar-refractivity contribution < 1.29 is 15.0 Å². The molecule has 0 aliphatic rings. The van der Waals surface area contributed by atoms with Gasteiger partial charge >= 0.3 is 0 Å². The highest BCUT2D eigenvalue weighted by Gasteiger charge is 2.17. The minimum atomic E-state index is -0.873. The summed E-state index contributed by atoms with van der Waals surface area (Å²) in [5.41, 5.74) is 0. The Bertz CT molecular complexity index is 1190. The van der Waals surface area contributed by atoms with Gasteiger partial charge in [-0.3, -0.25) is 4.79 Å². The summed E-state index contributed by atoms with van der Waals surface area (Å²) >= 11 is 0. The first-order chi connectivity index (χ1) is 27.7. The van der Waals surface area contributed by atoms with Crippen molar-refractivity contribution >= 4 is 5.91 Å². The molecular weight excluding hydrogens is 687 g/mol. The van der Waals surface area contributed by atoms with E-state index in [1.165, 1.54) is 44.9 Å². The molecule has 0 aromatic carbocycles. The Hall–Kier alpha value is -3.47. The van der Waals surface area contributed by atoms with Gasteiger partial charge in [0.1, 0.15) is 0 Å². The predicted molar refractivity (Wildman–Crippen MR) is 248 cm³/mol. The van der Waals surface area contributed by atoms with E-state index in [1.807, 2.05) is 6.08 Å². The molecule has 0 aliphatic heterocycles. The normalized spacial score (nSPS) is 14.3. The lowest BCUT2D eigenvalue weighted by molar-refractivity contribution is -0.123.